The maximum atomic E-state index is 12.4. The lowest BCUT2D eigenvalue weighted by Gasteiger charge is -2.09. The molecule has 0 radical (unpaired) electrons. The SMILES string of the molecule is Cc1cc(C(=O)Nc2ccnn2Cc2ccsc2)ccc1[N+](=O)[O-]. The van der Waals surface area contributed by atoms with Gasteiger partial charge in [0.2, 0.25) is 0 Å². The average molecular weight is 342 g/mol. The summed E-state index contributed by atoms with van der Waals surface area (Å²) in [6.45, 7) is 2.17. The predicted molar refractivity (Wildman–Crippen MR) is 91.4 cm³/mol. The summed E-state index contributed by atoms with van der Waals surface area (Å²) in [7, 11) is 0. The Morgan fingerprint density at radius 1 is 1.38 bits per heavy atom. The molecule has 2 aromatic heterocycles. The van der Waals surface area contributed by atoms with E-state index in [9.17, 15) is 14.9 Å². The molecular formula is C16H14N4O3S. The molecule has 0 atom stereocenters. The molecule has 1 amide bonds. The van der Waals surface area contributed by atoms with E-state index in [1.807, 2.05) is 16.8 Å². The Morgan fingerprint density at radius 3 is 2.88 bits per heavy atom. The van der Waals surface area contributed by atoms with Crippen LogP contribution in [0, 0.1) is 17.0 Å². The third-order valence-corrected chi connectivity index (χ3v) is 4.26. The molecule has 0 aliphatic rings. The topological polar surface area (TPSA) is 90.1 Å². The molecule has 1 aromatic carbocycles. The molecule has 0 fully saturated rings. The van der Waals surface area contributed by atoms with Gasteiger partial charge < -0.3 is 5.32 Å². The van der Waals surface area contributed by atoms with Gasteiger partial charge in [-0.25, -0.2) is 4.68 Å². The third-order valence-electron chi connectivity index (χ3n) is 3.53. The second-order valence-electron chi connectivity index (χ2n) is 5.22. The summed E-state index contributed by atoms with van der Waals surface area (Å²) in [6, 6.07) is 8.00. The van der Waals surface area contributed by atoms with Gasteiger partial charge >= 0.3 is 0 Å². The summed E-state index contributed by atoms with van der Waals surface area (Å²) in [4.78, 5) is 22.8. The van der Waals surface area contributed by atoms with Crippen molar-refractivity contribution in [2.45, 2.75) is 13.5 Å². The Labute approximate surface area is 141 Å². The smallest absolute Gasteiger partial charge is 0.272 e. The summed E-state index contributed by atoms with van der Waals surface area (Å²) in [5, 5.41) is 21.9. The van der Waals surface area contributed by atoms with Crippen LogP contribution in [0.5, 0.6) is 0 Å². The Hall–Kier alpha value is -3.00. The van der Waals surface area contributed by atoms with Crippen LogP contribution in [0.15, 0.2) is 47.3 Å². The van der Waals surface area contributed by atoms with E-state index in [4.69, 9.17) is 0 Å². The van der Waals surface area contributed by atoms with Crippen molar-refractivity contribution >= 4 is 28.7 Å². The van der Waals surface area contributed by atoms with Crippen molar-refractivity contribution in [1.82, 2.24) is 9.78 Å². The second kappa shape index (κ2) is 6.63. The van der Waals surface area contributed by atoms with Crippen LogP contribution in [0.2, 0.25) is 0 Å². The van der Waals surface area contributed by atoms with Gasteiger partial charge in [0.15, 0.2) is 0 Å². The fraction of sp³-hybridized carbons (Fsp3) is 0.125. The molecule has 0 aliphatic heterocycles. The molecule has 122 valence electrons. The van der Waals surface area contributed by atoms with Crippen LogP contribution in [0.1, 0.15) is 21.5 Å². The molecule has 24 heavy (non-hydrogen) atoms. The highest BCUT2D eigenvalue weighted by molar-refractivity contribution is 7.07. The Kier molecular flexibility index (Phi) is 4.39. The van der Waals surface area contributed by atoms with E-state index in [0.29, 0.717) is 23.5 Å². The van der Waals surface area contributed by atoms with Gasteiger partial charge in [0.05, 0.1) is 17.7 Å². The normalized spacial score (nSPS) is 10.5. The maximum Gasteiger partial charge on any atom is 0.272 e. The first-order valence-electron chi connectivity index (χ1n) is 7.14. The molecule has 0 unspecified atom stereocenters. The van der Waals surface area contributed by atoms with Crippen LogP contribution < -0.4 is 5.32 Å². The quantitative estimate of drug-likeness (QED) is 0.568. The molecule has 3 rings (SSSR count). The summed E-state index contributed by atoms with van der Waals surface area (Å²) < 4.78 is 1.69. The number of carbonyl (C=O) groups excluding carboxylic acids is 1. The molecule has 0 spiro atoms. The lowest BCUT2D eigenvalue weighted by molar-refractivity contribution is -0.385. The van der Waals surface area contributed by atoms with E-state index in [1.54, 1.807) is 35.2 Å². The maximum absolute atomic E-state index is 12.4. The summed E-state index contributed by atoms with van der Waals surface area (Å²) in [5.41, 5.74) is 1.90. The lowest BCUT2D eigenvalue weighted by Crippen LogP contribution is -2.16. The highest BCUT2D eigenvalue weighted by atomic mass is 32.1. The number of hydrogen-bond donors (Lipinski definition) is 1. The summed E-state index contributed by atoms with van der Waals surface area (Å²) >= 11 is 1.60. The van der Waals surface area contributed by atoms with Gasteiger partial charge in [-0.2, -0.15) is 16.4 Å². The summed E-state index contributed by atoms with van der Waals surface area (Å²) in [6.07, 6.45) is 1.61. The molecule has 3 aromatic rings. The number of nitro groups is 1. The Balaban J connectivity index is 1.77. The first-order valence-corrected chi connectivity index (χ1v) is 8.08. The van der Waals surface area contributed by atoms with Crippen LogP contribution in [-0.4, -0.2) is 20.6 Å². The second-order valence-corrected chi connectivity index (χ2v) is 6.00. The zero-order chi connectivity index (χ0) is 17.1. The van der Waals surface area contributed by atoms with Gasteiger partial charge in [-0.3, -0.25) is 14.9 Å². The summed E-state index contributed by atoms with van der Waals surface area (Å²) in [5.74, 6) is 0.238. The molecule has 2 heterocycles. The highest BCUT2D eigenvalue weighted by Gasteiger charge is 2.15. The van der Waals surface area contributed by atoms with Crippen LogP contribution in [0.25, 0.3) is 0 Å². The standard InChI is InChI=1S/C16H14N4O3S/c1-11-8-13(2-3-14(11)20(22)23)16(21)18-15-4-6-17-19(15)9-12-5-7-24-10-12/h2-8,10H,9H2,1H3,(H,18,21). The van der Waals surface area contributed by atoms with Crippen molar-refractivity contribution < 1.29 is 9.72 Å². The molecule has 0 saturated heterocycles. The van der Waals surface area contributed by atoms with Crippen molar-refractivity contribution in [2.75, 3.05) is 5.32 Å². The van der Waals surface area contributed by atoms with Gasteiger partial charge in [0.1, 0.15) is 5.82 Å². The molecule has 0 saturated carbocycles. The number of nitrogens with one attached hydrogen (secondary N) is 1. The van der Waals surface area contributed by atoms with Crippen LogP contribution in [0.4, 0.5) is 11.5 Å². The number of aromatic nitrogens is 2. The van der Waals surface area contributed by atoms with Gasteiger partial charge in [-0.1, -0.05) is 0 Å². The number of amides is 1. The van der Waals surface area contributed by atoms with Crippen molar-refractivity contribution in [3.63, 3.8) is 0 Å². The van der Waals surface area contributed by atoms with E-state index in [-0.39, 0.29) is 11.6 Å². The van der Waals surface area contributed by atoms with Crippen LogP contribution in [-0.2, 0) is 6.54 Å². The minimum absolute atomic E-state index is 0.00551. The number of aryl methyl sites for hydroxylation is 1. The number of benzene rings is 1. The number of nitrogens with zero attached hydrogens (tertiary/aromatic N) is 3. The lowest BCUT2D eigenvalue weighted by atomic mass is 10.1. The minimum Gasteiger partial charge on any atom is -0.307 e. The first-order chi connectivity index (χ1) is 11.5. The molecule has 7 nitrogen and oxygen atoms in total. The predicted octanol–water partition coefficient (Wildman–Crippen LogP) is 3.46. The number of nitro benzene ring substituents is 1. The van der Waals surface area contributed by atoms with Crippen LogP contribution in [0.3, 0.4) is 0 Å². The molecular weight excluding hydrogens is 328 g/mol. The van der Waals surface area contributed by atoms with Gasteiger partial charge in [-0.05, 0) is 41.4 Å². The van der Waals surface area contributed by atoms with Crippen molar-refractivity contribution in [2.24, 2.45) is 0 Å². The molecule has 0 aliphatic carbocycles. The van der Waals surface area contributed by atoms with E-state index in [0.717, 1.165) is 5.56 Å². The van der Waals surface area contributed by atoms with Gasteiger partial charge in [0.25, 0.3) is 11.6 Å². The minimum atomic E-state index is -0.465. The Bertz CT molecular complexity index is 887. The van der Waals surface area contributed by atoms with Crippen molar-refractivity contribution in [3.8, 4) is 0 Å². The largest absolute Gasteiger partial charge is 0.307 e. The number of anilines is 1. The van der Waals surface area contributed by atoms with Crippen molar-refractivity contribution in [1.29, 1.82) is 0 Å². The molecule has 1 N–H and O–H groups in total. The van der Waals surface area contributed by atoms with Crippen molar-refractivity contribution in [3.05, 3.63) is 74.1 Å². The Morgan fingerprint density at radius 2 is 2.21 bits per heavy atom. The zero-order valence-electron chi connectivity index (χ0n) is 12.8. The van der Waals surface area contributed by atoms with Gasteiger partial charge in [0, 0.05) is 23.3 Å². The number of thiophene rings is 1. The number of carbonyl (C=O) groups is 1. The van der Waals surface area contributed by atoms with E-state index < -0.39 is 4.92 Å². The van der Waals surface area contributed by atoms with Crippen LogP contribution >= 0.6 is 11.3 Å². The first kappa shape index (κ1) is 15.9. The van der Waals surface area contributed by atoms with E-state index in [2.05, 4.69) is 10.4 Å². The van der Waals surface area contributed by atoms with Gasteiger partial charge in [-0.15, -0.1) is 0 Å². The number of hydrogen-bond acceptors (Lipinski definition) is 5. The number of rotatable bonds is 5. The van der Waals surface area contributed by atoms with E-state index >= 15 is 0 Å². The monoisotopic (exact) mass is 342 g/mol. The zero-order valence-corrected chi connectivity index (χ0v) is 13.6. The average Bonchev–Trinajstić information content (AvgIpc) is 3.20. The molecule has 0 bridgehead atoms. The molecule has 8 heteroatoms. The fourth-order valence-electron chi connectivity index (χ4n) is 2.31. The fourth-order valence-corrected chi connectivity index (χ4v) is 2.97. The third kappa shape index (κ3) is 3.33. The highest BCUT2D eigenvalue weighted by Crippen LogP contribution is 2.20. The van der Waals surface area contributed by atoms with E-state index in [1.165, 1.54) is 18.2 Å².